The van der Waals surface area contributed by atoms with Crippen LogP contribution in [0.3, 0.4) is 0 Å². The number of nitrogens with zero attached hydrogens (tertiary/aromatic N) is 1. The monoisotopic (exact) mass is 438 g/mol. The third kappa shape index (κ3) is 5.48. The number of carboxylic acid groups (broad SMARTS) is 1. The second-order valence-corrected chi connectivity index (χ2v) is 9.52. The van der Waals surface area contributed by atoms with Crippen LogP contribution < -0.4 is 5.32 Å². The predicted octanol–water partition coefficient (Wildman–Crippen LogP) is 5.06. The lowest BCUT2D eigenvalue weighted by Crippen LogP contribution is -2.36. The van der Waals surface area contributed by atoms with Crippen LogP contribution in [0, 0.1) is 11.8 Å². The molecule has 0 bridgehead atoms. The van der Waals surface area contributed by atoms with E-state index >= 15 is 0 Å². The maximum absolute atomic E-state index is 11.2. The minimum absolute atomic E-state index is 0.0229. The molecule has 0 amide bonds. The van der Waals surface area contributed by atoms with Gasteiger partial charge in [-0.1, -0.05) is 36.2 Å². The van der Waals surface area contributed by atoms with E-state index in [1.807, 2.05) is 0 Å². The SMILES string of the molecule is CC[C@@H](NC1=CC[C@H](Cl)C(CN2CC[C@@H](C(=O)O)C2)=C1)[C@@H]1C=C(C)C(Cl)=C(C)C1. The number of aliphatic carboxylic acids is 1. The number of hydrogen-bond acceptors (Lipinski definition) is 3. The fraction of sp³-hybridized carbons (Fsp3) is 0.609. The summed E-state index contributed by atoms with van der Waals surface area (Å²) in [6, 6.07) is 0.337. The van der Waals surface area contributed by atoms with Crippen LogP contribution in [-0.2, 0) is 4.79 Å². The lowest BCUT2D eigenvalue weighted by atomic mass is 9.84. The lowest BCUT2D eigenvalue weighted by molar-refractivity contribution is -0.141. The number of alkyl halides is 1. The molecule has 3 rings (SSSR count). The molecule has 0 spiro atoms. The maximum Gasteiger partial charge on any atom is 0.307 e. The predicted molar refractivity (Wildman–Crippen MR) is 120 cm³/mol. The Kier molecular flexibility index (Phi) is 7.53. The van der Waals surface area contributed by atoms with Crippen molar-refractivity contribution in [1.29, 1.82) is 0 Å². The van der Waals surface area contributed by atoms with Gasteiger partial charge < -0.3 is 10.4 Å². The average Bonchev–Trinajstić information content (AvgIpc) is 3.15. The fourth-order valence-corrected chi connectivity index (χ4v) is 4.99. The molecule has 0 aromatic rings. The van der Waals surface area contributed by atoms with E-state index in [9.17, 15) is 9.90 Å². The van der Waals surface area contributed by atoms with E-state index in [1.54, 1.807) is 0 Å². The highest BCUT2D eigenvalue weighted by molar-refractivity contribution is 6.32. The van der Waals surface area contributed by atoms with Crippen molar-refractivity contribution in [3.8, 4) is 0 Å². The largest absolute Gasteiger partial charge is 0.481 e. The number of likely N-dealkylation sites (tertiary alicyclic amines) is 1. The van der Waals surface area contributed by atoms with Crippen molar-refractivity contribution in [2.24, 2.45) is 11.8 Å². The van der Waals surface area contributed by atoms with E-state index < -0.39 is 5.97 Å². The van der Waals surface area contributed by atoms with E-state index in [-0.39, 0.29) is 11.3 Å². The van der Waals surface area contributed by atoms with Crippen molar-refractivity contribution < 1.29 is 9.90 Å². The zero-order chi connectivity index (χ0) is 21.1. The van der Waals surface area contributed by atoms with E-state index in [4.69, 9.17) is 23.2 Å². The molecule has 2 aliphatic carbocycles. The Bertz CT molecular complexity index is 769. The minimum atomic E-state index is -0.694. The molecule has 4 atom stereocenters. The number of rotatable bonds is 7. The first-order valence-corrected chi connectivity index (χ1v) is 11.4. The van der Waals surface area contributed by atoms with Crippen LogP contribution in [0.5, 0.6) is 0 Å². The van der Waals surface area contributed by atoms with Crippen LogP contribution in [0.1, 0.15) is 46.5 Å². The summed E-state index contributed by atoms with van der Waals surface area (Å²) in [5.41, 5.74) is 4.72. The summed E-state index contributed by atoms with van der Waals surface area (Å²) in [7, 11) is 0. The maximum atomic E-state index is 11.2. The molecular weight excluding hydrogens is 407 g/mol. The molecule has 0 radical (unpaired) electrons. The number of carboxylic acids is 1. The zero-order valence-electron chi connectivity index (χ0n) is 17.5. The molecule has 6 heteroatoms. The van der Waals surface area contributed by atoms with E-state index in [2.05, 4.69) is 49.2 Å². The van der Waals surface area contributed by atoms with Crippen LogP contribution in [0.2, 0.25) is 0 Å². The Morgan fingerprint density at radius 3 is 2.79 bits per heavy atom. The summed E-state index contributed by atoms with van der Waals surface area (Å²) in [4.78, 5) is 13.4. The van der Waals surface area contributed by atoms with Crippen LogP contribution in [0.4, 0.5) is 0 Å². The molecule has 1 aliphatic heterocycles. The molecule has 4 nitrogen and oxygen atoms in total. The Hall–Kier alpha value is -1.23. The summed E-state index contributed by atoms with van der Waals surface area (Å²) < 4.78 is 0. The number of allylic oxidation sites excluding steroid dienone is 5. The summed E-state index contributed by atoms with van der Waals surface area (Å²) in [6.45, 7) is 8.59. The van der Waals surface area contributed by atoms with Gasteiger partial charge in [0, 0.05) is 35.8 Å². The first-order valence-electron chi connectivity index (χ1n) is 10.6. The van der Waals surface area contributed by atoms with Gasteiger partial charge in [0.25, 0.3) is 0 Å². The smallest absolute Gasteiger partial charge is 0.307 e. The highest BCUT2D eigenvalue weighted by Gasteiger charge is 2.30. The Morgan fingerprint density at radius 1 is 1.41 bits per heavy atom. The molecule has 0 aromatic carbocycles. The highest BCUT2D eigenvalue weighted by Crippen LogP contribution is 2.34. The molecule has 1 saturated heterocycles. The second-order valence-electron chi connectivity index (χ2n) is 8.61. The Labute approximate surface area is 184 Å². The van der Waals surface area contributed by atoms with Gasteiger partial charge >= 0.3 is 5.97 Å². The normalized spacial score (nSPS) is 29.3. The fourth-order valence-electron chi connectivity index (χ4n) is 4.63. The second kappa shape index (κ2) is 9.72. The van der Waals surface area contributed by atoms with Crippen LogP contribution in [0.15, 0.2) is 45.7 Å². The molecule has 2 N–H and O–H groups in total. The molecule has 0 saturated carbocycles. The summed E-state index contributed by atoms with van der Waals surface area (Å²) in [5.74, 6) is -0.528. The number of nitrogens with one attached hydrogen (secondary N) is 1. The molecule has 0 aromatic heterocycles. The lowest BCUT2D eigenvalue weighted by Gasteiger charge is -2.32. The Morgan fingerprint density at radius 2 is 2.17 bits per heavy atom. The van der Waals surface area contributed by atoms with Gasteiger partial charge in [-0.15, -0.1) is 11.6 Å². The molecule has 1 heterocycles. The molecule has 160 valence electrons. The van der Waals surface area contributed by atoms with Crippen LogP contribution in [0.25, 0.3) is 0 Å². The van der Waals surface area contributed by atoms with Gasteiger partial charge in [0.15, 0.2) is 0 Å². The third-order valence-electron chi connectivity index (χ3n) is 6.35. The highest BCUT2D eigenvalue weighted by atomic mass is 35.5. The number of halogens is 2. The standard InChI is InChI=1S/C23H32Cl2N2O2/c1-4-21(17-9-14(2)22(25)15(3)10-17)26-19-5-6-20(24)18(11-19)13-27-8-7-16(12-27)23(28)29/h5,9,11,16-17,20-21,26H,4,6-8,10,12-13H2,1-3H3,(H,28,29)/t16-,17-,20+,21-/m1/s1. The van der Waals surface area contributed by atoms with Crippen molar-refractivity contribution in [2.75, 3.05) is 19.6 Å². The van der Waals surface area contributed by atoms with Gasteiger partial charge in [0.1, 0.15) is 0 Å². The van der Waals surface area contributed by atoms with Gasteiger partial charge in [-0.2, -0.15) is 0 Å². The van der Waals surface area contributed by atoms with Crippen molar-refractivity contribution in [2.45, 2.75) is 57.9 Å². The van der Waals surface area contributed by atoms with Crippen molar-refractivity contribution in [1.82, 2.24) is 10.2 Å². The average molecular weight is 439 g/mol. The first kappa shape index (κ1) is 22.5. The topological polar surface area (TPSA) is 52.6 Å². The van der Waals surface area contributed by atoms with Gasteiger partial charge in [-0.25, -0.2) is 0 Å². The molecule has 1 fully saturated rings. The van der Waals surface area contributed by atoms with Crippen LogP contribution >= 0.6 is 23.2 Å². The quantitative estimate of drug-likeness (QED) is 0.545. The first-order chi connectivity index (χ1) is 13.8. The van der Waals surface area contributed by atoms with E-state index in [0.29, 0.717) is 18.5 Å². The molecular formula is C23H32Cl2N2O2. The van der Waals surface area contributed by atoms with E-state index in [1.165, 1.54) is 11.1 Å². The van der Waals surface area contributed by atoms with Gasteiger partial charge in [0.05, 0.1) is 11.3 Å². The Balaban J connectivity index is 1.65. The molecule has 0 unspecified atom stereocenters. The minimum Gasteiger partial charge on any atom is -0.481 e. The van der Waals surface area contributed by atoms with Crippen molar-refractivity contribution in [3.63, 3.8) is 0 Å². The van der Waals surface area contributed by atoms with Crippen molar-refractivity contribution >= 4 is 29.2 Å². The summed E-state index contributed by atoms with van der Waals surface area (Å²) in [6.07, 6.45) is 10.2. The summed E-state index contributed by atoms with van der Waals surface area (Å²) >= 11 is 13.0. The van der Waals surface area contributed by atoms with Crippen LogP contribution in [-0.4, -0.2) is 47.0 Å². The van der Waals surface area contributed by atoms with Crippen molar-refractivity contribution in [3.05, 3.63) is 45.7 Å². The van der Waals surface area contributed by atoms with Gasteiger partial charge in [-0.3, -0.25) is 9.69 Å². The molecule has 3 aliphatic rings. The number of carbonyl (C=O) groups is 1. The van der Waals surface area contributed by atoms with Gasteiger partial charge in [0.2, 0.25) is 0 Å². The van der Waals surface area contributed by atoms with E-state index in [0.717, 1.165) is 55.1 Å². The zero-order valence-corrected chi connectivity index (χ0v) is 19.1. The van der Waals surface area contributed by atoms with Gasteiger partial charge in [-0.05, 0) is 63.3 Å². The molecule has 29 heavy (non-hydrogen) atoms. The summed E-state index contributed by atoms with van der Waals surface area (Å²) in [5, 5.41) is 13.9. The third-order valence-corrected chi connectivity index (χ3v) is 7.43. The number of hydrogen-bond donors (Lipinski definition) is 2.